The van der Waals surface area contributed by atoms with Crippen LogP contribution in [0.25, 0.3) is 0 Å². The van der Waals surface area contributed by atoms with Gasteiger partial charge in [0.1, 0.15) is 6.54 Å². The molecule has 136 valence electrons. The summed E-state index contributed by atoms with van der Waals surface area (Å²) in [6.45, 7) is 4.36. The largest absolute Gasteiger partial charge is 0.347 e. The van der Waals surface area contributed by atoms with Crippen molar-refractivity contribution in [3.63, 3.8) is 0 Å². The van der Waals surface area contributed by atoms with Crippen LogP contribution >= 0.6 is 11.6 Å². The summed E-state index contributed by atoms with van der Waals surface area (Å²) in [6.07, 6.45) is 1.35. The van der Waals surface area contributed by atoms with E-state index >= 15 is 0 Å². The number of likely N-dealkylation sites (tertiary alicyclic amines) is 1. The standard InChI is InChI=1S/C18H23ClN2O4/c1-14(22)21(12-15-2-4-16(19)5-3-15)13-17(23)20-8-6-18(7-9-20)24-10-11-25-18/h2-5H,6-13H2,1H3. The highest BCUT2D eigenvalue weighted by Gasteiger charge is 2.40. The number of carbonyl (C=O) groups is 2. The Balaban J connectivity index is 1.55. The van der Waals surface area contributed by atoms with Gasteiger partial charge in [0.15, 0.2) is 5.79 Å². The molecular weight excluding hydrogens is 344 g/mol. The molecule has 0 aromatic heterocycles. The summed E-state index contributed by atoms with van der Waals surface area (Å²) in [4.78, 5) is 27.9. The highest BCUT2D eigenvalue weighted by Crippen LogP contribution is 2.31. The van der Waals surface area contributed by atoms with Gasteiger partial charge in [-0.2, -0.15) is 0 Å². The van der Waals surface area contributed by atoms with Crippen molar-refractivity contribution in [2.45, 2.75) is 32.1 Å². The van der Waals surface area contributed by atoms with Gasteiger partial charge in [-0.1, -0.05) is 23.7 Å². The van der Waals surface area contributed by atoms with E-state index in [0.717, 1.165) is 5.56 Å². The van der Waals surface area contributed by atoms with Crippen molar-refractivity contribution < 1.29 is 19.1 Å². The van der Waals surface area contributed by atoms with Crippen LogP contribution in [0.4, 0.5) is 0 Å². The van der Waals surface area contributed by atoms with Gasteiger partial charge in [-0.25, -0.2) is 0 Å². The Morgan fingerprint density at radius 3 is 2.32 bits per heavy atom. The zero-order chi connectivity index (χ0) is 17.9. The van der Waals surface area contributed by atoms with Crippen LogP contribution in [-0.4, -0.2) is 60.2 Å². The fourth-order valence-electron chi connectivity index (χ4n) is 3.23. The van der Waals surface area contributed by atoms with E-state index in [2.05, 4.69) is 0 Å². The molecule has 0 radical (unpaired) electrons. The SMILES string of the molecule is CC(=O)N(CC(=O)N1CCC2(CC1)OCCO2)Cc1ccc(Cl)cc1. The van der Waals surface area contributed by atoms with Gasteiger partial charge >= 0.3 is 0 Å². The summed E-state index contributed by atoms with van der Waals surface area (Å²) < 4.78 is 11.4. The lowest BCUT2D eigenvalue weighted by Crippen LogP contribution is -2.50. The fraction of sp³-hybridized carbons (Fsp3) is 0.556. The first-order chi connectivity index (χ1) is 12.0. The van der Waals surface area contributed by atoms with E-state index in [1.54, 1.807) is 21.9 Å². The Labute approximate surface area is 152 Å². The lowest BCUT2D eigenvalue weighted by Gasteiger charge is -2.38. The predicted molar refractivity (Wildman–Crippen MR) is 93.0 cm³/mol. The zero-order valence-electron chi connectivity index (χ0n) is 14.4. The summed E-state index contributed by atoms with van der Waals surface area (Å²) in [7, 11) is 0. The molecule has 0 atom stereocenters. The summed E-state index contributed by atoms with van der Waals surface area (Å²) >= 11 is 5.89. The van der Waals surface area contributed by atoms with Gasteiger partial charge < -0.3 is 19.3 Å². The van der Waals surface area contributed by atoms with Gasteiger partial charge in [0.2, 0.25) is 11.8 Å². The summed E-state index contributed by atoms with van der Waals surface area (Å²) in [5.74, 6) is -0.670. The molecule has 0 N–H and O–H groups in total. The molecule has 2 aliphatic heterocycles. The molecule has 0 saturated carbocycles. The molecule has 0 aliphatic carbocycles. The molecule has 25 heavy (non-hydrogen) atoms. The zero-order valence-corrected chi connectivity index (χ0v) is 15.1. The molecular formula is C18H23ClN2O4. The number of nitrogens with zero attached hydrogens (tertiary/aromatic N) is 2. The molecule has 2 amide bonds. The Bertz CT molecular complexity index is 618. The number of hydrogen-bond donors (Lipinski definition) is 0. The Morgan fingerprint density at radius 2 is 1.76 bits per heavy atom. The average molecular weight is 367 g/mol. The van der Waals surface area contributed by atoms with E-state index in [9.17, 15) is 9.59 Å². The van der Waals surface area contributed by atoms with E-state index in [4.69, 9.17) is 21.1 Å². The van der Waals surface area contributed by atoms with E-state index in [0.29, 0.717) is 50.7 Å². The molecule has 3 rings (SSSR count). The summed E-state index contributed by atoms with van der Waals surface area (Å²) in [6, 6.07) is 7.29. The number of benzene rings is 1. The minimum Gasteiger partial charge on any atom is -0.347 e. The number of carbonyl (C=O) groups excluding carboxylic acids is 2. The van der Waals surface area contributed by atoms with Crippen molar-refractivity contribution in [2.24, 2.45) is 0 Å². The second-order valence-corrected chi connectivity index (χ2v) is 6.93. The van der Waals surface area contributed by atoms with Crippen LogP contribution in [0.2, 0.25) is 5.02 Å². The molecule has 7 heteroatoms. The molecule has 2 fully saturated rings. The number of piperidine rings is 1. The van der Waals surface area contributed by atoms with E-state index in [1.165, 1.54) is 6.92 Å². The first-order valence-electron chi connectivity index (χ1n) is 8.53. The molecule has 2 saturated heterocycles. The molecule has 0 unspecified atom stereocenters. The summed E-state index contributed by atoms with van der Waals surface area (Å²) in [5.41, 5.74) is 0.942. The van der Waals surface area contributed by atoms with Crippen molar-refractivity contribution >= 4 is 23.4 Å². The number of ether oxygens (including phenoxy) is 2. The van der Waals surface area contributed by atoms with Gasteiger partial charge in [0.25, 0.3) is 0 Å². The topological polar surface area (TPSA) is 59.1 Å². The number of hydrogen-bond acceptors (Lipinski definition) is 4. The Kier molecular flexibility index (Phi) is 5.61. The van der Waals surface area contributed by atoms with Gasteiger partial charge in [0, 0.05) is 44.4 Å². The molecule has 6 nitrogen and oxygen atoms in total. The minimum atomic E-state index is -0.500. The van der Waals surface area contributed by atoms with Crippen molar-refractivity contribution in [3.05, 3.63) is 34.9 Å². The highest BCUT2D eigenvalue weighted by molar-refractivity contribution is 6.30. The third-order valence-corrected chi connectivity index (χ3v) is 5.00. The maximum absolute atomic E-state index is 12.6. The van der Waals surface area contributed by atoms with Crippen LogP contribution in [0.15, 0.2) is 24.3 Å². The second kappa shape index (κ2) is 7.72. The molecule has 2 heterocycles. The third-order valence-electron chi connectivity index (χ3n) is 4.75. The molecule has 1 aromatic carbocycles. The van der Waals surface area contributed by atoms with Crippen LogP contribution in [0.1, 0.15) is 25.3 Å². The normalized spacial score (nSPS) is 19.2. The van der Waals surface area contributed by atoms with Crippen molar-refractivity contribution in [1.82, 2.24) is 9.80 Å². The van der Waals surface area contributed by atoms with Gasteiger partial charge in [-0.3, -0.25) is 9.59 Å². The van der Waals surface area contributed by atoms with Crippen LogP contribution in [-0.2, 0) is 25.6 Å². The third kappa shape index (κ3) is 4.51. The molecule has 0 bridgehead atoms. The smallest absolute Gasteiger partial charge is 0.242 e. The lowest BCUT2D eigenvalue weighted by atomic mass is 10.0. The lowest BCUT2D eigenvalue weighted by molar-refractivity contribution is -0.187. The van der Waals surface area contributed by atoms with Crippen molar-refractivity contribution in [2.75, 3.05) is 32.8 Å². The van der Waals surface area contributed by atoms with Crippen molar-refractivity contribution in [3.8, 4) is 0 Å². The highest BCUT2D eigenvalue weighted by atomic mass is 35.5. The van der Waals surface area contributed by atoms with Crippen LogP contribution in [0.5, 0.6) is 0 Å². The predicted octanol–water partition coefficient (Wildman–Crippen LogP) is 2.05. The van der Waals surface area contributed by atoms with Crippen molar-refractivity contribution in [1.29, 1.82) is 0 Å². The van der Waals surface area contributed by atoms with E-state index in [-0.39, 0.29) is 18.4 Å². The van der Waals surface area contributed by atoms with Crippen LogP contribution in [0.3, 0.4) is 0 Å². The first-order valence-corrected chi connectivity index (χ1v) is 8.91. The van der Waals surface area contributed by atoms with E-state index in [1.807, 2.05) is 12.1 Å². The van der Waals surface area contributed by atoms with Gasteiger partial charge in [0.05, 0.1) is 13.2 Å². The average Bonchev–Trinajstić information content (AvgIpc) is 3.04. The Hall–Kier alpha value is -1.63. The molecule has 1 spiro atoms. The quantitative estimate of drug-likeness (QED) is 0.818. The fourth-order valence-corrected chi connectivity index (χ4v) is 3.36. The maximum atomic E-state index is 12.6. The number of rotatable bonds is 4. The molecule has 2 aliphatic rings. The van der Waals surface area contributed by atoms with Gasteiger partial charge in [-0.15, -0.1) is 0 Å². The minimum absolute atomic E-state index is 0.0444. The number of halogens is 1. The van der Waals surface area contributed by atoms with Gasteiger partial charge in [-0.05, 0) is 17.7 Å². The number of amides is 2. The summed E-state index contributed by atoms with van der Waals surface area (Å²) in [5, 5.41) is 0.646. The first kappa shape index (κ1) is 18.2. The van der Waals surface area contributed by atoms with Crippen LogP contribution in [0, 0.1) is 0 Å². The van der Waals surface area contributed by atoms with E-state index < -0.39 is 5.79 Å². The van der Waals surface area contributed by atoms with Crippen LogP contribution < -0.4 is 0 Å². The Morgan fingerprint density at radius 1 is 1.16 bits per heavy atom. The maximum Gasteiger partial charge on any atom is 0.242 e. The molecule has 1 aromatic rings. The second-order valence-electron chi connectivity index (χ2n) is 6.49. The monoisotopic (exact) mass is 366 g/mol.